The van der Waals surface area contributed by atoms with Crippen LogP contribution in [-0.4, -0.2) is 21.9 Å². The largest absolute Gasteiger partial charge is 0.457 e. The number of halogens is 2. The van der Waals surface area contributed by atoms with Crippen molar-refractivity contribution in [3.05, 3.63) is 86.4 Å². The Hall–Kier alpha value is -3.89. The van der Waals surface area contributed by atoms with Crippen LogP contribution in [0.5, 0.6) is 0 Å². The van der Waals surface area contributed by atoms with Gasteiger partial charge in [0.15, 0.2) is 5.11 Å². The molecule has 8 nitrogen and oxygen atoms in total. The summed E-state index contributed by atoms with van der Waals surface area (Å²) in [6, 6.07) is 11.0. The lowest BCUT2D eigenvalue weighted by Crippen LogP contribution is -2.54. The molecular weight excluding hydrogens is 473 g/mol. The maximum Gasteiger partial charge on any atom is 0.270 e. The van der Waals surface area contributed by atoms with Crippen molar-refractivity contribution in [2.75, 3.05) is 4.90 Å². The van der Waals surface area contributed by atoms with E-state index in [0.29, 0.717) is 11.3 Å². The summed E-state index contributed by atoms with van der Waals surface area (Å²) in [7, 11) is 0. The van der Waals surface area contributed by atoms with E-state index in [0.717, 1.165) is 16.5 Å². The summed E-state index contributed by atoms with van der Waals surface area (Å²) in [4.78, 5) is 37.1. The number of nitrogens with zero attached hydrogens (tertiary/aromatic N) is 2. The van der Waals surface area contributed by atoms with Gasteiger partial charge in [-0.15, -0.1) is 0 Å². The Morgan fingerprint density at radius 3 is 2.64 bits per heavy atom. The summed E-state index contributed by atoms with van der Waals surface area (Å²) < 4.78 is 19.3. The number of carbonyl (C=O) groups excluding carboxylic acids is 2. The number of hydrogen-bond acceptors (Lipinski definition) is 6. The Bertz CT molecular complexity index is 1380. The molecule has 0 atom stereocenters. The zero-order valence-electron chi connectivity index (χ0n) is 16.8. The van der Waals surface area contributed by atoms with E-state index in [2.05, 4.69) is 5.32 Å². The van der Waals surface area contributed by atoms with Crippen LogP contribution >= 0.6 is 23.8 Å². The number of carbonyl (C=O) groups is 2. The molecule has 1 aromatic heterocycles. The molecule has 1 fully saturated rings. The van der Waals surface area contributed by atoms with Gasteiger partial charge < -0.3 is 4.42 Å². The standard InChI is InChI=1S/C22H13ClFN3O5S/c1-11-2-3-13(27(30)31)8-15(11)19-7-5-14(32-19)10-16-20(28)25-22(33)26(21(16)29)12-4-6-18(24)17(23)9-12/h2-10H,1H3,(H,25,28,33)/b16-10+. The second-order valence-corrected chi connectivity index (χ2v) is 7.81. The Kier molecular flexibility index (Phi) is 5.79. The van der Waals surface area contributed by atoms with Crippen LogP contribution in [0.2, 0.25) is 5.02 Å². The number of hydrogen-bond donors (Lipinski definition) is 1. The fourth-order valence-corrected chi connectivity index (χ4v) is 3.68. The predicted octanol–water partition coefficient (Wildman–Crippen LogP) is 4.79. The maximum atomic E-state index is 13.5. The second kappa shape index (κ2) is 8.57. The Labute approximate surface area is 196 Å². The fraction of sp³-hybridized carbons (Fsp3) is 0.0455. The molecule has 3 aromatic rings. The highest BCUT2D eigenvalue weighted by atomic mass is 35.5. The summed E-state index contributed by atoms with van der Waals surface area (Å²) in [6.45, 7) is 1.77. The molecule has 166 valence electrons. The topological polar surface area (TPSA) is 106 Å². The average Bonchev–Trinajstić information content (AvgIpc) is 3.22. The SMILES string of the molecule is Cc1ccc([N+](=O)[O-])cc1-c1ccc(/C=C2\C(=O)NC(=S)N(c3ccc(F)c(Cl)c3)C2=O)o1. The van der Waals surface area contributed by atoms with Crippen molar-refractivity contribution in [3.8, 4) is 11.3 Å². The van der Waals surface area contributed by atoms with Crippen LogP contribution in [-0.2, 0) is 9.59 Å². The van der Waals surface area contributed by atoms with Crippen molar-refractivity contribution in [3.63, 3.8) is 0 Å². The summed E-state index contributed by atoms with van der Waals surface area (Å²) in [5.74, 6) is -1.67. The molecule has 0 radical (unpaired) electrons. The Balaban J connectivity index is 1.70. The number of furan rings is 1. The quantitative estimate of drug-likeness (QED) is 0.187. The van der Waals surface area contributed by atoms with Crippen LogP contribution in [0, 0.1) is 22.9 Å². The van der Waals surface area contributed by atoms with E-state index in [-0.39, 0.29) is 32.8 Å². The first-order valence-corrected chi connectivity index (χ1v) is 10.2. The minimum Gasteiger partial charge on any atom is -0.457 e. The van der Waals surface area contributed by atoms with E-state index in [1.54, 1.807) is 19.1 Å². The number of rotatable bonds is 4. The van der Waals surface area contributed by atoms with Gasteiger partial charge in [0.1, 0.15) is 22.9 Å². The first kappa shape index (κ1) is 22.3. The lowest BCUT2D eigenvalue weighted by molar-refractivity contribution is -0.384. The van der Waals surface area contributed by atoms with Crippen molar-refractivity contribution in [2.24, 2.45) is 0 Å². The Morgan fingerprint density at radius 2 is 1.94 bits per heavy atom. The number of thiocarbonyl (C=S) groups is 1. The van der Waals surface area contributed by atoms with E-state index in [1.165, 1.54) is 36.4 Å². The molecule has 0 bridgehead atoms. The number of nitro benzene ring substituents is 1. The first-order valence-electron chi connectivity index (χ1n) is 9.37. The van der Waals surface area contributed by atoms with Gasteiger partial charge in [-0.1, -0.05) is 17.7 Å². The smallest absolute Gasteiger partial charge is 0.270 e. The molecule has 11 heteroatoms. The number of anilines is 1. The molecule has 0 aliphatic carbocycles. The van der Waals surface area contributed by atoms with E-state index < -0.39 is 22.6 Å². The summed E-state index contributed by atoms with van der Waals surface area (Å²) >= 11 is 10.9. The van der Waals surface area contributed by atoms with Crippen LogP contribution < -0.4 is 10.2 Å². The molecule has 0 saturated carbocycles. The zero-order chi connectivity index (χ0) is 23.9. The Morgan fingerprint density at radius 1 is 1.18 bits per heavy atom. The molecule has 0 unspecified atom stereocenters. The van der Waals surface area contributed by atoms with E-state index in [4.69, 9.17) is 28.2 Å². The minimum absolute atomic E-state index is 0.101. The third-order valence-electron chi connectivity index (χ3n) is 4.87. The molecule has 2 heterocycles. The maximum absolute atomic E-state index is 13.5. The fourth-order valence-electron chi connectivity index (χ4n) is 3.22. The van der Waals surface area contributed by atoms with Crippen molar-refractivity contribution < 1.29 is 23.3 Å². The van der Waals surface area contributed by atoms with Gasteiger partial charge in [-0.2, -0.15) is 0 Å². The van der Waals surface area contributed by atoms with E-state index >= 15 is 0 Å². The van der Waals surface area contributed by atoms with Crippen LogP contribution in [0.25, 0.3) is 17.4 Å². The van der Waals surface area contributed by atoms with Gasteiger partial charge in [-0.05, 0) is 61.1 Å². The lowest BCUT2D eigenvalue weighted by Gasteiger charge is -2.28. The van der Waals surface area contributed by atoms with Crippen molar-refractivity contribution >= 4 is 58.2 Å². The molecule has 1 aliphatic rings. The highest BCUT2D eigenvalue weighted by Crippen LogP contribution is 2.31. The van der Waals surface area contributed by atoms with Crippen LogP contribution in [0.1, 0.15) is 11.3 Å². The molecule has 0 spiro atoms. The number of non-ortho nitro benzene ring substituents is 1. The van der Waals surface area contributed by atoms with Gasteiger partial charge in [0, 0.05) is 17.7 Å². The van der Waals surface area contributed by atoms with Gasteiger partial charge in [-0.25, -0.2) is 4.39 Å². The van der Waals surface area contributed by atoms with Crippen LogP contribution in [0.15, 0.2) is 58.5 Å². The lowest BCUT2D eigenvalue weighted by atomic mass is 10.1. The molecular formula is C22H13ClFN3O5S. The monoisotopic (exact) mass is 485 g/mol. The summed E-state index contributed by atoms with van der Waals surface area (Å²) in [5.41, 5.74) is 1.04. The van der Waals surface area contributed by atoms with E-state index in [1.807, 2.05) is 0 Å². The predicted molar refractivity (Wildman–Crippen MR) is 123 cm³/mol. The number of nitrogens with one attached hydrogen (secondary N) is 1. The molecule has 33 heavy (non-hydrogen) atoms. The summed E-state index contributed by atoms with van der Waals surface area (Å²) in [5, 5.41) is 13.1. The zero-order valence-corrected chi connectivity index (χ0v) is 18.4. The minimum atomic E-state index is -0.754. The molecule has 2 aromatic carbocycles. The molecule has 1 saturated heterocycles. The molecule has 1 aliphatic heterocycles. The van der Waals surface area contributed by atoms with Gasteiger partial charge in [0.05, 0.1) is 15.6 Å². The molecule has 4 rings (SSSR count). The third-order valence-corrected chi connectivity index (χ3v) is 5.45. The second-order valence-electron chi connectivity index (χ2n) is 7.01. The van der Waals surface area contributed by atoms with Gasteiger partial charge >= 0.3 is 0 Å². The number of aryl methyl sites for hydroxylation is 1. The number of amides is 2. The number of nitro groups is 1. The average molecular weight is 486 g/mol. The van der Waals surface area contributed by atoms with Crippen molar-refractivity contribution in [1.82, 2.24) is 5.32 Å². The van der Waals surface area contributed by atoms with Gasteiger partial charge in [0.2, 0.25) is 0 Å². The molecule has 2 amide bonds. The van der Waals surface area contributed by atoms with Crippen LogP contribution in [0.4, 0.5) is 15.8 Å². The van der Waals surface area contributed by atoms with Gasteiger partial charge in [-0.3, -0.25) is 29.9 Å². The third kappa shape index (κ3) is 4.26. The summed E-state index contributed by atoms with van der Waals surface area (Å²) in [6.07, 6.45) is 1.23. The van der Waals surface area contributed by atoms with Crippen LogP contribution in [0.3, 0.4) is 0 Å². The molecule has 1 N–H and O–H groups in total. The van der Waals surface area contributed by atoms with Gasteiger partial charge in [0.25, 0.3) is 17.5 Å². The normalized spacial score (nSPS) is 15.2. The highest BCUT2D eigenvalue weighted by molar-refractivity contribution is 7.80. The van der Waals surface area contributed by atoms with Crippen molar-refractivity contribution in [1.29, 1.82) is 0 Å². The van der Waals surface area contributed by atoms with Crippen molar-refractivity contribution in [2.45, 2.75) is 6.92 Å². The first-order chi connectivity index (χ1) is 15.7. The van der Waals surface area contributed by atoms with E-state index in [9.17, 15) is 24.1 Å². The number of benzene rings is 2. The highest BCUT2D eigenvalue weighted by Gasteiger charge is 2.35.